The van der Waals surface area contributed by atoms with Gasteiger partial charge in [0.25, 0.3) is 0 Å². The number of nitrogens with two attached hydrogens (primary N) is 1. The lowest BCUT2D eigenvalue weighted by Gasteiger charge is -2.33. The molecule has 3 heteroatoms. The predicted octanol–water partition coefficient (Wildman–Crippen LogP) is 0.884. The molecule has 0 heterocycles. The minimum atomic E-state index is 0.334. The second kappa shape index (κ2) is 3.00. The van der Waals surface area contributed by atoms with Gasteiger partial charge in [-0.1, -0.05) is 0 Å². The maximum Gasteiger partial charge on any atom is 0.223 e. The van der Waals surface area contributed by atoms with Crippen molar-refractivity contribution in [3.63, 3.8) is 0 Å². The zero-order valence-corrected chi connectivity index (χ0v) is 9.56. The number of hydrogen-bond acceptors (Lipinski definition) is 2. The van der Waals surface area contributed by atoms with Crippen LogP contribution in [0.15, 0.2) is 0 Å². The number of fused-ring (bicyclic) bond motifs is 5. The van der Waals surface area contributed by atoms with E-state index in [1.807, 2.05) is 0 Å². The van der Waals surface area contributed by atoms with E-state index in [0.29, 0.717) is 23.9 Å². The van der Waals surface area contributed by atoms with Gasteiger partial charge < -0.3 is 11.1 Å². The zero-order valence-electron chi connectivity index (χ0n) is 9.56. The van der Waals surface area contributed by atoms with Gasteiger partial charge in [0, 0.05) is 18.0 Å². The van der Waals surface area contributed by atoms with E-state index >= 15 is 0 Å². The highest BCUT2D eigenvalue weighted by Crippen LogP contribution is 2.69. The normalized spacial score (nSPS) is 56.7. The van der Waals surface area contributed by atoms with Crippen LogP contribution in [0.5, 0.6) is 0 Å². The van der Waals surface area contributed by atoms with Crippen molar-refractivity contribution in [3.8, 4) is 0 Å². The van der Waals surface area contributed by atoms with Gasteiger partial charge in [0.15, 0.2) is 0 Å². The summed E-state index contributed by atoms with van der Waals surface area (Å²) in [6.45, 7) is 0. The number of nitrogens with one attached hydrogen (secondary N) is 1. The van der Waals surface area contributed by atoms with Gasteiger partial charge in [0.05, 0.1) is 0 Å². The highest BCUT2D eigenvalue weighted by Gasteiger charge is 2.67. The van der Waals surface area contributed by atoms with Crippen molar-refractivity contribution in [2.45, 2.75) is 44.2 Å². The standard InChI is InChI=1S/C13H20N2O/c14-8-4-9(5-8)15-13(16)12-10-6-1-2-7(3-6)11(10)12/h6-12H,1-5,14H2,(H,15,16). The molecule has 0 radical (unpaired) electrons. The average Bonchev–Trinajstić information content (AvgIpc) is 2.66. The van der Waals surface area contributed by atoms with Crippen LogP contribution >= 0.6 is 0 Å². The number of amides is 1. The molecule has 88 valence electrons. The molecule has 0 aromatic carbocycles. The van der Waals surface area contributed by atoms with Crippen molar-refractivity contribution in [1.29, 1.82) is 0 Å². The van der Waals surface area contributed by atoms with Crippen LogP contribution in [-0.4, -0.2) is 18.0 Å². The van der Waals surface area contributed by atoms with Gasteiger partial charge >= 0.3 is 0 Å². The van der Waals surface area contributed by atoms with Crippen molar-refractivity contribution in [2.75, 3.05) is 0 Å². The Morgan fingerprint density at radius 2 is 1.69 bits per heavy atom. The Balaban J connectivity index is 1.37. The highest BCUT2D eigenvalue weighted by atomic mass is 16.2. The molecule has 4 rings (SSSR count). The summed E-state index contributed by atoms with van der Waals surface area (Å²) in [5, 5.41) is 3.19. The molecule has 4 unspecified atom stereocenters. The SMILES string of the molecule is NC1CC(NC(=O)C2C3C4CCC(C4)C23)C1. The monoisotopic (exact) mass is 220 g/mol. The van der Waals surface area contributed by atoms with Crippen molar-refractivity contribution in [3.05, 3.63) is 0 Å². The second-order valence-corrected chi connectivity index (χ2v) is 6.45. The van der Waals surface area contributed by atoms with Gasteiger partial charge in [-0.25, -0.2) is 0 Å². The van der Waals surface area contributed by atoms with Crippen molar-refractivity contribution in [2.24, 2.45) is 35.3 Å². The molecular weight excluding hydrogens is 200 g/mol. The van der Waals surface area contributed by atoms with Crippen LogP contribution < -0.4 is 11.1 Å². The van der Waals surface area contributed by atoms with Gasteiger partial charge in [-0.2, -0.15) is 0 Å². The molecule has 4 atom stereocenters. The summed E-state index contributed by atoms with van der Waals surface area (Å²) < 4.78 is 0. The minimum absolute atomic E-state index is 0.334. The molecule has 0 aromatic heterocycles. The van der Waals surface area contributed by atoms with E-state index in [4.69, 9.17) is 5.73 Å². The maximum atomic E-state index is 12.1. The first-order chi connectivity index (χ1) is 7.74. The Labute approximate surface area is 96.1 Å². The van der Waals surface area contributed by atoms with Gasteiger partial charge in [0.1, 0.15) is 0 Å². The first-order valence-corrected chi connectivity index (χ1v) is 6.80. The summed E-state index contributed by atoms with van der Waals surface area (Å²) in [6, 6.07) is 0.724. The van der Waals surface area contributed by atoms with Crippen LogP contribution in [0.25, 0.3) is 0 Å². The quantitative estimate of drug-likeness (QED) is 0.726. The van der Waals surface area contributed by atoms with Crippen LogP contribution in [0, 0.1) is 29.6 Å². The Morgan fingerprint density at radius 3 is 2.25 bits per heavy atom. The topological polar surface area (TPSA) is 55.1 Å². The predicted molar refractivity (Wildman–Crippen MR) is 60.4 cm³/mol. The molecule has 0 aromatic rings. The minimum Gasteiger partial charge on any atom is -0.353 e. The molecule has 0 spiro atoms. The molecule has 4 aliphatic rings. The Bertz CT molecular complexity index is 321. The summed E-state index contributed by atoms with van der Waals surface area (Å²) in [6.07, 6.45) is 6.18. The van der Waals surface area contributed by atoms with Crippen molar-refractivity contribution in [1.82, 2.24) is 5.32 Å². The van der Waals surface area contributed by atoms with Crippen LogP contribution in [0.2, 0.25) is 0 Å². The molecule has 4 aliphatic carbocycles. The maximum absolute atomic E-state index is 12.1. The number of carbonyl (C=O) groups excluding carboxylic acids is 1. The van der Waals surface area contributed by atoms with Crippen LogP contribution in [0.3, 0.4) is 0 Å². The first kappa shape index (κ1) is 9.46. The van der Waals surface area contributed by atoms with Crippen LogP contribution in [-0.2, 0) is 4.79 Å². The van der Waals surface area contributed by atoms with Crippen molar-refractivity contribution < 1.29 is 4.79 Å². The molecule has 4 saturated carbocycles. The fourth-order valence-electron chi connectivity index (χ4n) is 4.75. The van der Waals surface area contributed by atoms with E-state index < -0.39 is 0 Å². The third-order valence-electron chi connectivity index (χ3n) is 5.56. The zero-order chi connectivity index (χ0) is 10.9. The summed E-state index contributed by atoms with van der Waals surface area (Å²) in [4.78, 5) is 12.1. The molecule has 0 saturated heterocycles. The fraction of sp³-hybridized carbons (Fsp3) is 0.923. The van der Waals surface area contributed by atoms with E-state index in [1.165, 1.54) is 19.3 Å². The lowest BCUT2D eigenvalue weighted by molar-refractivity contribution is -0.124. The molecule has 16 heavy (non-hydrogen) atoms. The van der Waals surface area contributed by atoms with Crippen LogP contribution in [0.4, 0.5) is 0 Å². The van der Waals surface area contributed by atoms with Gasteiger partial charge in [0.2, 0.25) is 5.91 Å². The molecule has 1 amide bonds. The molecule has 3 N–H and O–H groups in total. The van der Waals surface area contributed by atoms with E-state index in [2.05, 4.69) is 5.32 Å². The Kier molecular flexibility index (Phi) is 1.78. The van der Waals surface area contributed by atoms with Gasteiger partial charge in [-0.15, -0.1) is 0 Å². The number of rotatable bonds is 2. The van der Waals surface area contributed by atoms with E-state index in [-0.39, 0.29) is 0 Å². The second-order valence-electron chi connectivity index (χ2n) is 6.45. The summed E-state index contributed by atoms with van der Waals surface area (Å²) in [5.41, 5.74) is 5.73. The Hall–Kier alpha value is -0.570. The Morgan fingerprint density at radius 1 is 1.06 bits per heavy atom. The van der Waals surface area contributed by atoms with E-state index in [0.717, 1.165) is 36.5 Å². The van der Waals surface area contributed by atoms with Crippen molar-refractivity contribution >= 4 is 5.91 Å². The first-order valence-electron chi connectivity index (χ1n) is 6.80. The lowest BCUT2D eigenvalue weighted by atomic mass is 9.87. The molecule has 3 nitrogen and oxygen atoms in total. The van der Waals surface area contributed by atoms with Gasteiger partial charge in [-0.3, -0.25) is 4.79 Å². The molecule has 4 fully saturated rings. The molecule has 0 aliphatic heterocycles. The molecule has 2 bridgehead atoms. The molecular formula is C13H20N2O. The number of carbonyl (C=O) groups is 1. The van der Waals surface area contributed by atoms with Crippen LogP contribution in [0.1, 0.15) is 32.1 Å². The summed E-state index contributed by atoms with van der Waals surface area (Å²) >= 11 is 0. The highest BCUT2D eigenvalue weighted by molar-refractivity contribution is 5.83. The number of hydrogen-bond donors (Lipinski definition) is 2. The van der Waals surface area contributed by atoms with E-state index in [9.17, 15) is 4.79 Å². The third-order valence-corrected chi connectivity index (χ3v) is 5.56. The summed E-state index contributed by atoms with van der Waals surface area (Å²) in [7, 11) is 0. The van der Waals surface area contributed by atoms with Gasteiger partial charge in [-0.05, 0) is 55.8 Å². The summed E-state index contributed by atoms with van der Waals surface area (Å²) in [5.74, 6) is 4.08. The van der Waals surface area contributed by atoms with E-state index in [1.54, 1.807) is 0 Å². The average molecular weight is 220 g/mol. The fourth-order valence-corrected chi connectivity index (χ4v) is 4.75. The lowest BCUT2D eigenvalue weighted by Crippen LogP contribution is -2.51. The third kappa shape index (κ3) is 1.15. The smallest absolute Gasteiger partial charge is 0.223 e. The largest absolute Gasteiger partial charge is 0.353 e.